The molecule has 0 radical (unpaired) electrons. The number of benzene rings is 2. The van der Waals surface area contributed by atoms with Crippen molar-refractivity contribution in [1.29, 1.82) is 0 Å². The molecular weight excluding hydrogens is 542 g/mol. The smallest absolute Gasteiger partial charge is 0.368 e. The van der Waals surface area contributed by atoms with E-state index in [4.69, 9.17) is 11.6 Å². The summed E-state index contributed by atoms with van der Waals surface area (Å²) in [5.41, 5.74) is 1.17. The number of sulfonamides is 1. The zero-order valence-corrected chi connectivity index (χ0v) is 21.5. The topological polar surface area (TPSA) is 77.6 Å². The third-order valence-corrected chi connectivity index (χ3v) is 8.08. The molecule has 2 heterocycles. The lowest BCUT2D eigenvalue weighted by molar-refractivity contribution is -0.137. The van der Waals surface area contributed by atoms with Crippen LogP contribution < -0.4 is 14.9 Å². The molecule has 1 atom stereocenters. The Balaban J connectivity index is 1.67. The number of hydrogen-bond acceptors (Lipinski definition) is 7. The molecule has 0 bridgehead atoms. The van der Waals surface area contributed by atoms with Crippen molar-refractivity contribution in [3.63, 3.8) is 0 Å². The van der Waals surface area contributed by atoms with E-state index < -0.39 is 32.5 Å². The van der Waals surface area contributed by atoms with E-state index in [1.54, 1.807) is 0 Å². The van der Waals surface area contributed by atoms with Crippen molar-refractivity contribution < 1.29 is 26.0 Å². The van der Waals surface area contributed by atoms with E-state index in [0.717, 1.165) is 42.0 Å². The van der Waals surface area contributed by atoms with Gasteiger partial charge in [0.05, 0.1) is 33.2 Å². The highest BCUT2D eigenvalue weighted by Crippen LogP contribution is 2.40. The fraction of sp³-hybridized carbons (Fsp3) is 0.318. The van der Waals surface area contributed by atoms with Crippen LogP contribution in [-0.2, 0) is 16.2 Å². The van der Waals surface area contributed by atoms with E-state index in [-0.39, 0.29) is 33.9 Å². The van der Waals surface area contributed by atoms with Crippen molar-refractivity contribution >= 4 is 55.8 Å². The molecule has 36 heavy (non-hydrogen) atoms. The van der Waals surface area contributed by atoms with Gasteiger partial charge in [0.1, 0.15) is 10.7 Å². The van der Waals surface area contributed by atoms with E-state index in [0.29, 0.717) is 13.1 Å². The van der Waals surface area contributed by atoms with Crippen LogP contribution in [0.2, 0.25) is 5.02 Å². The van der Waals surface area contributed by atoms with Crippen LogP contribution in [0.5, 0.6) is 0 Å². The van der Waals surface area contributed by atoms with Gasteiger partial charge in [-0.15, -0.1) is 11.3 Å². The second-order valence-electron chi connectivity index (χ2n) is 8.45. The first-order chi connectivity index (χ1) is 16.8. The van der Waals surface area contributed by atoms with Crippen LogP contribution in [0, 0.1) is 5.82 Å². The minimum atomic E-state index is -4.54. The first kappa shape index (κ1) is 26.5. The van der Waals surface area contributed by atoms with E-state index >= 15 is 0 Å². The first-order valence-electron chi connectivity index (χ1n) is 10.6. The fourth-order valence-electron chi connectivity index (χ4n) is 3.89. The van der Waals surface area contributed by atoms with Crippen LogP contribution in [0.4, 0.5) is 40.4 Å². The van der Waals surface area contributed by atoms with Gasteiger partial charge in [-0.2, -0.15) is 13.2 Å². The maximum absolute atomic E-state index is 14.9. The molecule has 0 amide bonds. The third-order valence-electron chi connectivity index (χ3n) is 5.81. The molecule has 0 aliphatic carbocycles. The number of likely N-dealkylation sites (N-methyl/N-ethyl adjacent to an activating group) is 1. The average molecular weight is 564 g/mol. The fourth-order valence-corrected chi connectivity index (χ4v) is 5.81. The Hall–Kier alpha value is -2.61. The summed E-state index contributed by atoms with van der Waals surface area (Å²) in [7, 11) is -0.507. The van der Waals surface area contributed by atoms with E-state index in [9.17, 15) is 26.0 Å². The molecule has 2 aromatic carbocycles. The number of halogens is 5. The minimum absolute atomic E-state index is 0.00569. The van der Waals surface area contributed by atoms with Gasteiger partial charge in [-0.05, 0) is 44.8 Å². The van der Waals surface area contributed by atoms with Crippen molar-refractivity contribution in [1.82, 2.24) is 9.88 Å². The van der Waals surface area contributed by atoms with Crippen LogP contribution in [0.25, 0.3) is 0 Å². The molecule has 7 nitrogen and oxygen atoms in total. The Bertz CT molecular complexity index is 1350. The molecule has 4 rings (SSSR count). The summed E-state index contributed by atoms with van der Waals surface area (Å²) in [5.74, 6) is -1.05. The Morgan fingerprint density at radius 2 is 1.94 bits per heavy atom. The van der Waals surface area contributed by atoms with E-state index in [1.165, 1.54) is 17.0 Å². The zero-order chi connectivity index (χ0) is 26.3. The lowest BCUT2D eigenvalue weighted by Crippen LogP contribution is -2.31. The highest BCUT2D eigenvalue weighted by atomic mass is 35.5. The van der Waals surface area contributed by atoms with Gasteiger partial charge in [0.25, 0.3) is 10.0 Å². The van der Waals surface area contributed by atoms with Gasteiger partial charge >= 0.3 is 6.18 Å². The molecule has 1 saturated heterocycles. The molecule has 0 saturated carbocycles. The molecule has 3 aromatic rings. The normalized spacial score (nSPS) is 16.6. The van der Waals surface area contributed by atoms with Gasteiger partial charge in [-0.1, -0.05) is 11.6 Å². The van der Waals surface area contributed by atoms with Crippen molar-refractivity contribution in [3.8, 4) is 0 Å². The summed E-state index contributed by atoms with van der Waals surface area (Å²) in [6.45, 7) is 1.03. The molecule has 194 valence electrons. The van der Waals surface area contributed by atoms with Crippen molar-refractivity contribution in [2.45, 2.75) is 23.5 Å². The molecular formula is C22H22ClF4N5O2S2. The van der Waals surface area contributed by atoms with Gasteiger partial charge in [0.15, 0.2) is 5.82 Å². The predicted molar refractivity (Wildman–Crippen MR) is 133 cm³/mol. The number of thiazole rings is 1. The van der Waals surface area contributed by atoms with Gasteiger partial charge < -0.3 is 15.1 Å². The third kappa shape index (κ3) is 5.69. The Labute approximate surface area is 214 Å². The molecule has 1 aliphatic rings. The number of rotatable bonds is 7. The van der Waals surface area contributed by atoms with Crippen molar-refractivity contribution in [2.75, 3.05) is 42.1 Å². The lowest BCUT2D eigenvalue weighted by atomic mass is 10.1. The Kier molecular flexibility index (Phi) is 7.37. The van der Waals surface area contributed by atoms with Crippen LogP contribution in [0.1, 0.15) is 12.0 Å². The summed E-state index contributed by atoms with van der Waals surface area (Å²) in [6, 6.07) is 5.21. The number of hydrogen-bond donors (Lipinski definition) is 2. The standard InChI is InChI=1S/C22H22ClF4N5O2S2/c1-31(2)14-5-6-32(10-14)19-7-13(22(25,26)27)3-4-17(19)29-18-9-16(24)20(8-15(18)23)36(33,34)30-21-11-35-12-28-21/h3-4,7-9,11-12,14,29-30H,5-6,10H2,1-2H3/t14-/m1/s1. The van der Waals surface area contributed by atoms with E-state index in [1.807, 2.05) is 23.9 Å². The summed E-state index contributed by atoms with van der Waals surface area (Å²) in [6.07, 6.45) is -3.78. The Morgan fingerprint density at radius 1 is 1.19 bits per heavy atom. The summed E-state index contributed by atoms with van der Waals surface area (Å²) < 4.78 is 82.6. The van der Waals surface area contributed by atoms with Crippen LogP contribution in [-0.4, -0.2) is 51.5 Å². The van der Waals surface area contributed by atoms with Crippen molar-refractivity contribution in [2.24, 2.45) is 0 Å². The summed E-state index contributed by atoms with van der Waals surface area (Å²) in [5, 5.41) is 4.20. The molecule has 1 aliphatic heterocycles. The predicted octanol–water partition coefficient (Wildman–Crippen LogP) is 5.64. The average Bonchev–Trinajstić information content (AvgIpc) is 3.47. The van der Waals surface area contributed by atoms with Gasteiger partial charge in [0.2, 0.25) is 0 Å². The molecule has 1 fully saturated rings. The number of alkyl halides is 3. The summed E-state index contributed by atoms with van der Waals surface area (Å²) >= 11 is 7.44. The molecule has 0 spiro atoms. The molecule has 0 unspecified atom stereocenters. The highest BCUT2D eigenvalue weighted by molar-refractivity contribution is 7.92. The molecule has 2 N–H and O–H groups in total. The quantitative estimate of drug-likeness (QED) is 0.362. The lowest BCUT2D eigenvalue weighted by Gasteiger charge is -2.25. The highest BCUT2D eigenvalue weighted by Gasteiger charge is 2.33. The van der Waals surface area contributed by atoms with Gasteiger partial charge in [-0.3, -0.25) is 4.72 Å². The van der Waals surface area contributed by atoms with Crippen LogP contribution in [0.15, 0.2) is 46.1 Å². The number of nitrogens with one attached hydrogen (secondary N) is 2. The first-order valence-corrected chi connectivity index (χ1v) is 13.5. The zero-order valence-electron chi connectivity index (χ0n) is 19.1. The van der Waals surface area contributed by atoms with Gasteiger partial charge in [-0.25, -0.2) is 17.8 Å². The molecule has 1 aromatic heterocycles. The maximum Gasteiger partial charge on any atom is 0.416 e. The van der Waals surface area contributed by atoms with Crippen LogP contribution >= 0.6 is 22.9 Å². The Morgan fingerprint density at radius 3 is 2.56 bits per heavy atom. The van der Waals surface area contributed by atoms with Crippen molar-refractivity contribution in [3.05, 3.63) is 57.6 Å². The monoisotopic (exact) mass is 563 g/mol. The number of nitrogens with zero attached hydrogens (tertiary/aromatic N) is 3. The second kappa shape index (κ2) is 10.0. The minimum Gasteiger partial charge on any atom is -0.368 e. The SMILES string of the molecule is CN(C)[C@@H]1CCN(c2cc(C(F)(F)F)ccc2Nc2cc(F)c(S(=O)(=O)Nc3cscn3)cc2Cl)C1. The van der Waals surface area contributed by atoms with Crippen LogP contribution in [0.3, 0.4) is 0 Å². The van der Waals surface area contributed by atoms with Gasteiger partial charge in [0, 0.05) is 30.6 Å². The summed E-state index contributed by atoms with van der Waals surface area (Å²) in [4.78, 5) is 6.95. The maximum atomic E-state index is 14.9. The second-order valence-corrected chi connectivity index (χ2v) is 11.2. The number of anilines is 4. The molecule has 14 heteroatoms. The van der Waals surface area contributed by atoms with E-state index in [2.05, 4.69) is 15.0 Å². The number of aromatic nitrogens is 1. The largest absolute Gasteiger partial charge is 0.416 e.